The van der Waals surface area contributed by atoms with Crippen molar-refractivity contribution in [2.45, 2.75) is 37.8 Å². The highest BCUT2D eigenvalue weighted by molar-refractivity contribution is 7.99. The van der Waals surface area contributed by atoms with Crippen LogP contribution in [0.5, 0.6) is 0 Å². The van der Waals surface area contributed by atoms with Gasteiger partial charge in [-0.05, 0) is 26.0 Å². The molecule has 1 aromatic heterocycles. The van der Waals surface area contributed by atoms with Crippen LogP contribution in [0.1, 0.15) is 13.8 Å². The zero-order valence-corrected chi connectivity index (χ0v) is 17.0. The smallest absolute Gasteiger partial charge is 0.233 e. The lowest BCUT2D eigenvalue weighted by Crippen LogP contribution is -2.48. The van der Waals surface area contributed by atoms with E-state index in [1.165, 1.54) is 11.8 Å². The molecule has 2 atom stereocenters. The third-order valence-corrected chi connectivity index (χ3v) is 5.40. The maximum Gasteiger partial charge on any atom is 0.233 e. The van der Waals surface area contributed by atoms with Crippen molar-refractivity contribution in [3.8, 4) is 11.4 Å². The number of rotatable bonds is 6. The molecule has 3 rings (SSSR count). The zero-order chi connectivity index (χ0) is 19.4. The van der Waals surface area contributed by atoms with Gasteiger partial charge in [0.2, 0.25) is 5.91 Å². The predicted molar refractivity (Wildman–Crippen MR) is 108 cm³/mol. The Hall–Kier alpha value is -1.83. The summed E-state index contributed by atoms with van der Waals surface area (Å²) in [5, 5.41) is 9.91. The van der Waals surface area contributed by atoms with Crippen molar-refractivity contribution in [3.63, 3.8) is 0 Å². The van der Waals surface area contributed by atoms with E-state index in [9.17, 15) is 4.79 Å². The lowest BCUT2D eigenvalue weighted by molar-refractivity contribution is -0.140. The van der Waals surface area contributed by atoms with Gasteiger partial charge in [-0.15, -0.1) is 16.8 Å². The molecule has 0 aliphatic carbocycles. The molecule has 2 unspecified atom stereocenters. The fourth-order valence-electron chi connectivity index (χ4n) is 3.13. The Kier molecular flexibility index (Phi) is 6.57. The average Bonchev–Trinajstić information content (AvgIpc) is 3.02. The number of nitrogens with zero attached hydrogens (tertiary/aromatic N) is 4. The van der Waals surface area contributed by atoms with E-state index in [4.69, 9.17) is 16.3 Å². The highest BCUT2D eigenvalue weighted by atomic mass is 35.5. The van der Waals surface area contributed by atoms with Gasteiger partial charge in [-0.1, -0.05) is 41.6 Å². The second kappa shape index (κ2) is 8.91. The first-order chi connectivity index (χ1) is 13.0. The summed E-state index contributed by atoms with van der Waals surface area (Å²) in [4.78, 5) is 14.5. The Labute approximate surface area is 168 Å². The first kappa shape index (κ1) is 19.9. The lowest BCUT2D eigenvalue weighted by atomic mass is 10.2. The SMILES string of the molecule is C=CCn1c(SCC(=O)N2CC(C)OC(C)C2)nnc1-c1cccc(Cl)c1. The van der Waals surface area contributed by atoms with Crippen molar-refractivity contribution < 1.29 is 9.53 Å². The van der Waals surface area contributed by atoms with Crippen LogP contribution in [-0.4, -0.2) is 56.6 Å². The van der Waals surface area contributed by atoms with E-state index in [0.717, 1.165) is 5.56 Å². The number of benzene rings is 1. The lowest BCUT2D eigenvalue weighted by Gasteiger charge is -2.35. The summed E-state index contributed by atoms with van der Waals surface area (Å²) in [5.41, 5.74) is 0.880. The van der Waals surface area contributed by atoms with Gasteiger partial charge in [0.25, 0.3) is 0 Å². The number of amides is 1. The molecule has 0 spiro atoms. The van der Waals surface area contributed by atoms with Crippen molar-refractivity contribution in [1.82, 2.24) is 19.7 Å². The van der Waals surface area contributed by atoms with Crippen molar-refractivity contribution in [2.24, 2.45) is 0 Å². The summed E-state index contributed by atoms with van der Waals surface area (Å²) < 4.78 is 7.64. The van der Waals surface area contributed by atoms with Crippen LogP contribution in [-0.2, 0) is 16.1 Å². The van der Waals surface area contributed by atoms with Gasteiger partial charge in [-0.2, -0.15) is 0 Å². The molecule has 0 saturated carbocycles. The predicted octanol–water partition coefficient (Wildman–Crippen LogP) is 3.51. The summed E-state index contributed by atoms with van der Waals surface area (Å²) >= 11 is 7.49. The van der Waals surface area contributed by atoms with Crippen LogP contribution in [0.3, 0.4) is 0 Å². The van der Waals surface area contributed by atoms with Crippen molar-refractivity contribution in [3.05, 3.63) is 41.9 Å². The molecule has 27 heavy (non-hydrogen) atoms. The van der Waals surface area contributed by atoms with Crippen LogP contribution in [0, 0.1) is 0 Å². The minimum Gasteiger partial charge on any atom is -0.372 e. The molecule has 1 aliphatic heterocycles. The largest absolute Gasteiger partial charge is 0.372 e. The van der Waals surface area contributed by atoms with E-state index in [0.29, 0.717) is 41.4 Å². The van der Waals surface area contributed by atoms with Crippen LogP contribution in [0.4, 0.5) is 0 Å². The maximum absolute atomic E-state index is 12.6. The number of ether oxygens (including phenoxy) is 1. The second-order valence-corrected chi connectivity index (χ2v) is 7.94. The second-order valence-electron chi connectivity index (χ2n) is 6.56. The molecule has 1 saturated heterocycles. The number of carbonyl (C=O) groups is 1. The number of halogens is 1. The normalized spacial score (nSPS) is 19.9. The van der Waals surface area contributed by atoms with Gasteiger partial charge in [0.15, 0.2) is 11.0 Å². The van der Waals surface area contributed by atoms with Crippen LogP contribution < -0.4 is 0 Å². The molecule has 1 aromatic carbocycles. The summed E-state index contributed by atoms with van der Waals surface area (Å²) in [7, 11) is 0. The molecule has 0 radical (unpaired) electrons. The Morgan fingerprint density at radius 3 is 2.78 bits per heavy atom. The molecule has 1 amide bonds. The molecule has 8 heteroatoms. The average molecular weight is 407 g/mol. The van der Waals surface area contributed by atoms with Gasteiger partial charge in [0.05, 0.1) is 18.0 Å². The topological polar surface area (TPSA) is 60.2 Å². The number of hydrogen-bond donors (Lipinski definition) is 0. The Morgan fingerprint density at radius 2 is 2.11 bits per heavy atom. The summed E-state index contributed by atoms with van der Waals surface area (Å²) in [6, 6.07) is 7.48. The molecule has 0 N–H and O–H groups in total. The van der Waals surface area contributed by atoms with Gasteiger partial charge in [-0.25, -0.2) is 0 Å². The fraction of sp³-hybridized carbons (Fsp3) is 0.421. The Bertz CT molecular complexity index is 816. The molecule has 1 fully saturated rings. The van der Waals surface area contributed by atoms with E-state index in [-0.39, 0.29) is 18.1 Å². The first-order valence-electron chi connectivity index (χ1n) is 8.84. The molecular formula is C19H23ClN4O2S. The standard InChI is InChI=1S/C19H23ClN4O2S/c1-4-8-24-18(15-6-5-7-16(20)9-15)21-22-19(24)27-12-17(25)23-10-13(2)26-14(3)11-23/h4-7,9,13-14H,1,8,10-12H2,2-3H3. The van der Waals surface area contributed by atoms with Crippen molar-refractivity contribution in [2.75, 3.05) is 18.8 Å². The van der Waals surface area contributed by atoms with Crippen molar-refractivity contribution >= 4 is 29.3 Å². The molecule has 6 nitrogen and oxygen atoms in total. The number of aromatic nitrogens is 3. The van der Waals surface area contributed by atoms with E-state index in [1.807, 2.05) is 47.6 Å². The quantitative estimate of drug-likeness (QED) is 0.542. The Morgan fingerprint density at radius 1 is 1.37 bits per heavy atom. The first-order valence-corrected chi connectivity index (χ1v) is 10.2. The highest BCUT2D eigenvalue weighted by Crippen LogP contribution is 2.26. The third kappa shape index (κ3) is 4.91. The molecular weight excluding hydrogens is 384 g/mol. The maximum atomic E-state index is 12.6. The molecule has 144 valence electrons. The van der Waals surface area contributed by atoms with Gasteiger partial charge >= 0.3 is 0 Å². The van der Waals surface area contributed by atoms with Gasteiger partial charge in [0.1, 0.15) is 0 Å². The van der Waals surface area contributed by atoms with Gasteiger partial charge in [-0.3, -0.25) is 9.36 Å². The van der Waals surface area contributed by atoms with Crippen LogP contribution >= 0.6 is 23.4 Å². The minimum atomic E-state index is 0.0570. The monoisotopic (exact) mass is 406 g/mol. The summed E-state index contributed by atoms with van der Waals surface area (Å²) in [6.07, 6.45) is 1.90. The van der Waals surface area contributed by atoms with E-state index < -0.39 is 0 Å². The molecule has 1 aliphatic rings. The van der Waals surface area contributed by atoms with Crippen molar-refractivity contribution in [1.29, 1.82) is 0 Å². The van der Waals surface area contributed by atoms with Crippen LogP contribution in [0.2, 0.25) is 5.02 Å². The zero-order valence-electron chi connectivity index (χ0n) is 15.5. The minimum absolute atomic E-state index is 0.0570. The fourth-order valence-corrected chi connectivity index (χ4v) is 4.17. The molecule has 2 heterocycles. The highest BCUT2D eigenvalue weighted by Gasteiger charge is 2.26. The third-order valence-electron chi connectivity index (χ3n) is 4.21. The van der Waals surface area contributed by atoms with Gasteiger partial charge < -0.3 is 9.64 Å². The number of hydrogen-bond acceptors (Lipinski definition) is 5. The number of allylic oxidation sites excluding steroid dienone is 1. The van der Waals surface area contributed by atoms with E-state index >= 15 is 0 Å². The summed E-state index contributed by atoms with van der Waals surface area (Å²) in [6.45, 7) is 9.58. The summed E-state index contributed by atoms with van der Waals surface area (Å²) in [5.74, 6) is 1.10. The number of thioether (sulfide) groups is 1. The Balaban J connectivity index is 1.73. The van der Waals surface area contributed by atoms with Crippen LogP contribution in [0.25, 0.3) is 11.4 Å². The molecule has 0 bridgehead atoms. The van der Waals surface area contributed by atoms with E-state index in [2.05, 4.69) is 16.8 Å². The van der Waals surface area contributed by atoms with E-state index in [1.54, 1.807) is 6.08 Å². The van der Waals surface area contributed by atoms with Crippen LogP contribution in [0.15, 0.2) is 42.1 Å². The number of carbonyl (C=O) groups excluding carboxylic acids is 1. The molecule has 2 aromatic rings. The van der Waals surface area contributed by atoms with Gasteiger partial charge in [0, 0.05) is 30.2 Å². The number of morpholine rings is 1.